The lowest BCUT2D eigenvalue weighted by molar-refractivity contribution is 0.375. The molecule has 0 aromatic rings. The molecule has 2 unspecified atom stereocenters. The summed E-state index contributed by atoms with van der Waals surface area (Å²) in [5.41, 5.74) is 0.720. The molecule has 0 amide bonds. The Hall–Kier alpha value is -0.0400. The van der Waals surface area contributed by atoms with Gasteiger partial charge in [0.25, 0.3) is 0 Å². The van der Waals surface area contributed by atoms with Crippen molar-refractivity contribution in [1.82, 2.24) is 5.32 Å². The third-order valence-corrected chi connectivity index (χ3v) is 4.73. The summed E-state index contributed by atoms with van der Waals surface area (Å²) in [7, 11) is 0. The molecule has 15 heavy (non-hydrogen) atoms. The van der Waals surface area contributed by atoms with Crippen LogP contribution in [0.1, 0.15) is 65.2 Å². The summed E-state index contributed by atoms with van der Waals surface area (Å²) in [6, 6.07) is 0.832. The monoisotopic (exact) mass is 209 g/mol. The van der Waals surface area contributed by atoms with Gasteiger partial charge in [-0.25, -0.2) is 0 Å². The Labute approximate surface area is 95.0 Å². The van der Waals surface area contributed by atoms with Crippen molar-refractivity contribution in [2.75, 3.05) is 6.54 Å². The smallest absolute Gasteiger partial charge is 0.00673 e. The quantitative estimate of drug-likeness (QED) is 0.696. The van der Waals surface area contributed by atoms with Gasteiger partial charge in [0.2, 0.25) is 0 Å². The second kappa shape index (κ2) is 4.86. The maximum Gasteiger partial charge on any atom is 0.00673 e. The van der Waals surface area contributed by atoms with E-state index in [0.717, 1.165) is 17.4 Å². The lowest BCUT2D eigenvalue weighted by atomic mass is 10.0. The molecule has 0 bridgehead atoms. The first-order chi connectivity index (χ1) is 7.24. The molecule has 0 heterocycles. The van der Waals surface area contributed by atoms with Crippen LogP contribution in [0.4, 0.5) is 0 Å². The van der Waals surface area contributed by atoms with Gasteiger partial charge in [-0.05, 0) is 49.9 Å². The predicted octanol–water partition coefficient (Wildman–Crippen LogP) is 3.74. The summed E-state index contributed by atoms with van der Waals surface area (Å²) in [4.78, 5) is 0. The Balaban J connectivity index is 1.70. The second-order valence-electron chi connectivity index (χ2n) is 6.04. The molecule has 1 nitrogen and oxygen atoms in total. The van der Waals surface area contributed by atoms with Crippen molar-refractivity contribution in [3.63, 3.8) is 0 Å². The Morgan fingerprint density at radius 2 is 1.93 bits per heavy atom. The second-order valence-corrected chi connectivity index (χ2v) is 6.04. The van der Waals surface area contributed by atoms with E-state index in [1.165, 1.54) is 57.9 Å². The predicted molar refractivity (Wildman–Crippen MR) is 66.0 cm³/mol. The molecule has 0 radical (unpaired) electrons. The molecular formula is C14H27N. The van der Waals surface area contributed by atoms with Crippen LogP contribution in [0.3, 0.4) is 0 Å². The highest BCUT2D eigenvalue weighted by Gasteiger charge is 2.40. The fourth-order valence-electron chi connectivity index (χ4n) is 2.88. The van der Waals surface area contributed by atoms with Crippen LogP contribution in [0.2, 0.25) is 0 Å². The van der Waals surface area contributed by atoms with E-state index >= 15 is 0 Å². The maximum absolute atomic E-state index is 3.84. The van der Waals surface area contributed by atoms with E-state index in [9.17, 15) is 0 Å². The van der Waals surface area contributed by atoms with Gasteiger partial charge >= 0.3 is 0 Å². The zero-order valence-electron chi connectivity index (χ0n) is 10.5. The highest BCUT2D eigenvalue weighted by atomic mass is 14.9. The fraction of sp³-hybridized carbons (Fsp3) is 1.00. The third-order valence-electron chi connectivity index (χ3n) is 4.73. The highest BCUT2D eigenvalue weighted by molar-refractivity contribution is 4.94. The zero-order valence-corrected chi connectivity index (χ0v) is 10.5. The Morgan fingerprint density at radius 1 is 1.13 bits per heavy atom. The molecule has 0 saturated heterocycles. The third kappa shape index (κ3) is 3.21. The fourth-order valence-corrected chi connectivity index (χ4v) is 2.88. The van der Waals surface area contributed by atoms with Crippen LogP contribution in [-0.4, -0.2) is 12.6 Å². The highest BCUT2D eigenvalue weighted by Crippen LogP contribution is 2.48. The SMILES string of the molecule is CCC1(CNC2CCCC(C)CC2)CC1. The van der Waals surface area contributed by atoms with E-state index in [4.69, 9.17) is 0 Å². The van der Waals surface area contributed by atoms with Crippen molar-refractivity contribution in [3.05, 3.63) is 0 Å². The van der Waals surface area contributed by atoms with E-state index in [1.54, 1.807) is 0 Å². The van der Waals surface area contributed by atoms with Crippen LogP contribution in [0.25, 0.3) is 0 Å². The summed E-state index contributed by atoms with van der Waals surface area (Å²) in [6.45, 7) is 6.06. The van der Waals surface area contributed by atoms with Crippen LogP contribution >= 0.6 is 0 Å². The molecule has 0 aliphatic heterocycles. The van der Waals surface area contributed by atoms with Crippen LogP contribution in [0.15, 0.2) is 0 Å². The first-order valence-electron chi connectivity index (χ1n) is 6.97. The first kappa shape index (κ1) is 11.4. The summed E-state index contributed by atoms with van der Waals surface area (Å²) in [5.74, 6) is 0.970. The molecule has 2 aliphatic rings. The molecule has 2 atom stereocenters. The van der Waals surface area contributed by atoms with E-state index in [-0.39, 0.29) is 0 Å². The van der Waals surface area contributed by atoms with Gasteiger partial charge in [-0.2, -0.15) is 0 Å². The number of hydrogen-bond acceptors (Lipinski definition) is 1. The van der Waals surface area contributed by atoms with E-state index < -0.39 is 0 Å². The van der Waals surface area contributed by atoms with Crippen molar-refractivity contribution in [2.24, 2.45) is 11.3 Å². The summed E-state index contributed by atoms with van der Waals surface area (Å²) >= 11 is 0. The summed E-state index contributed by atoms with van der Waals surface area (Å²) < 4.78 is 0. The minimum absolute atomic E-state index is 0.720. The van der Waals surface area contributed by atoms with E-state index in [2.05, 4.69) is 19.2 Å². The molecule has 2 aliphatic carbocycles. The molecule has 2 fully saturated rings. The minimum Gasteiger partial charge on any atom is -0.313 e. The molecule has 0 aromatic heterocycles. The van der Waals surface area contributed by atoms with Gasteiger partial charge in [0.15, 0.2) is 0 Å². The number of hydrogen-bond donors (Lipinski definition) is 1. The lowest BCUT2D eigenvalue weighted by Crippen LogP contribution is -2.33. The molecule has 1 heteroatoms. The molecule has 0 aromatic carbocycles. The van der Waals surface area contributed by atoms with Crippen molar-refractivity contribution in [3.8, 4) is 0 Å². The average molecular weight is 209 g/mol. The molecular weight excluding hydrogens is 182 g/mol. The van der Waals surface area contributed by atoms with Gasteiger partial charge in [0.1, 0.15) is 0 Å². The minimum atomic E-state index is 0.720. The van der Waals surface area contributed by atoms with Crippen molar-refractivity contribution >= 4 is 0 Å². The molecule has 1 N–H and O–H groups in total. The lowest BCUT2D eigenvalue weighted by Gasteiger charge is -2.20. The Bertz CT molecular complexity index is 196. The number of nitrogens with one attached hydrogen (secondary N) is 1. The van der Waals surface area contributed by atoms with E-state index in [0.29, 0.717) is 0 Å². The topological polar surface area (TPSA) is 12.0 Å². The summed E-state index contributed by atoms with van der Waals surface area (Å²) in [5, 5.41) is 3.84. The van der Waals surface area contributed by atoms with Crippen molar-refractivity contribution in [1.29, 1.82) is 0 Å². The number of rotatable bonds is 4. The van der Waals surface area contributed by atoms with E-state index in [1.807, 2.05) is 0 Å². The standard InChI is InChI=1S/C14H27N/c1-3-14(9-10-14)11-15-13-6-4-5-12(2)7-8-13/h12-13,15H,3-11H2,1-2H3. The molecule has 2 rings (SSSR count). The van der Waals surface area contributed by atoms with Gasteiger partial charge in [-0.3, -0.25) is 0 Å². The maximum atomic E-state index is 3.84. The molecule has 0 spiro atoms. The zero-order chi connectivity index (χ0) is 10.7. The first-order valence-corrected chi connectivity index (χ1v) is 6.97. The van der Waals surface area contributed by atoms with Crippen molar-refractivity contribution in [2.45, 2.75) is 71.3 Å². The largest absolute Gasteiger partial charge is 0.313 e. The molecule has 88 valence electrons. The van der Waals surface area contributed by atoms with Gasteiger partial charge in [0, 0.05) is 12.6 Å². The Kier molecular flexibility index (Phi) is 3.71. The van der Waals surface area contributed by atoms with Crippen molar-refractivity contribution < 1.29 is 0 Å². The normalized spacial score (nSPS) is 34.8. The van der Waals surface area contributed by atoms with Gasteiger partial charge in [0.05, 0.1) is 0 Å². The van der Waals surface area contributed by atoms with Crippen LogP contribution in [-0.2, 0) is 0 Å². The van der Waals surface area contributed by atoms with Crippen LogP contribution in [0.5, 0.6) is 0 Å². The van der Waals surface area contributed by atoms with Gasteiger partial charge < -0.3 is 5.32 Å². The van der Waals surface area contributed by atoms with Crippen LogP contribution in [0, 0.1) is 11.3 Å². The summed E-state index contributed by atoms with van der Waals surface area (Å²) in [6.07, 6.45) is 11.5. The van der Waals surface area contributed by atoms with Crippen LogP contribution < -0.4 is 5.32 Å². The Morgan fingerprint density at radius 3 is 2.60 bits per heavy atom. The average Bonchev–Trinajstić information content (AvgIpc) is 3.02. The van der Waals surface area contributed by atoms with Gasteiger partial charge in [-0.15, -0.1) is 0 Å². The molecule has 2 saturated carbocycles. The van der Waals surface area contributed by atoms with Gasteiger partial charge in [-0.1, -0.05) is 26.7 Å².